The molecule has 6 heteroatoms. The van der Waals surface area contributed by atoms with Gasteiger partial charge in [-0.2, -0.15) is 0 Å². The number of hydrogen-bond donors (Lipinski definition) is 2. The molecular weight excluding hydrogens is 272 g/mol. The van der Waals surface area contributed by atoms with Gasteiger partial charge in [0, 0.05) is 24.2 Å². The Balaban J connectivity index is 2.14. The van der Waals surface area contributed by atoms with E-state index in [1.807, 2.05) is 6.92 Å². The molecule has 5 nitrogen and oxygen atoms in total. The Morgan fingerprint density at radius 3 is 2.95 bits per heavy atom. The second-order valence-corrected chi connectivity index (χ2v) is 5.75. The van der Waals surface area contributed by atoms with Crippen molar-refractivity contribution < 1.29 is 5.11 Å². The first-order valence-electron chi connectivity index (χ1n) is 6.57. The highest BCUT2D eigenvalue weighted by Crippen LogP contribution is 2.35. The highest BCUT2D eigenvalue weighted by molar-refractivity contribution is 7.25. The zero-order chi connectivity index (χ0) is 14.1. The molecule has 0 radical (unpaired) electrons. The van der Waals surface area contributed by atoms with Crippen LogP contribution in [-0.2, 0) is 0 Å². The molecule has 0 aliphatic rings. The van der Waals surface area contributed by atoms with Gasteiger partial charge in [-0.05, 0) is 31.9 Å². The first kappa shape index (κ1) is 13.2. The van der Waals surface area contributed by atoms with Crippen molar-refractivity contribution in [2.24, 2.45) is 0 Å². The van der Waals surface area contributed by atoms with Gasteiger partial charge in [0.1, 0.15) is 17.0 Å². The topological polar surface area (TPSA) is 70.9 Å². The zero-order valence-electron chi connectivity index (χ0n) is 11.5. The standard InChI is InChI=1S/C14H16N4OS/c1-8-6-10-11-12(20-14(10)18-9(8)2)13(17-7-16-11)15-4-3-5-19/h6-7,19H,3-5H2,1-2H3,(H,15,16,17). The molecule has 3 aromatic rings. The van der Waals surface area contributed by atoms with Gasteiger partial charge in [-0.15, -0.1) is 11.3 Å². The summed E-state index contributed by atoms with van der Waals surface area (Å²) in [5.41, 5.74) is 3.17. The predicted molar refractivity (Wildman–Crippen MR) is 82.4 cm³/mol. The number of hydrogen-bond acceptors (Lipinski definition) is 6. The van der Waals surface area contributed by atoms with Crippen molar-refractivity contribution in [3.63, 3.8) is 0 Å². The van der Waals surface area contributed by atoms with E-state index in [9.17, 15) is 0 Å². The lowest BCUT2D eigenvalue weighted by atomic mass is 10.2. The minimum atomic E-state index is 0.174. The molecule has 104 valence electrons. The number of rotatable bonds is 4. The zero-order valence-corrected chi connectivity index (χ0v) is 12.3. The molecule has 3 rings (SSSR count). The van der Waals surface area contributed by atoms with Crippen molar-refractivity contribution in [2.45, 2.75) is 20.3 Å². The first-order valence-corrected chi connectivity index (χ1v) is 7.38. The van der Waals surface area contributed by atoms with Crippen molar-refractivity contribution in [2.75, 3.05) is 18.5 Å². The fourth-order valence-corrected chi connectivity index (χ4v) is 3.22. The molecule has 0 unspecified atom stereocenters. The number of aromatic nitrogens is 3. The molecule has 20 heavy (non-hydrogen) atoms. The molecule has 0 atom stereocenters. The van der Waals surface area contributed by atoms with Crippen LogP contribution in [0.4, 0.5) is 5.82 Å². The Morgan fingerprint density at radius 2 is 2.15 bits per heavy atom. The molecule has 3 heterocycles. The van der Waals surface area contributed by atoms with E-state index >= 15 is 0 Å². The lowest BCUT2D eigenvalue weighted by Gasteiger charge is -2.04. The third-order valence-corrected chi connectivity index (χ3v) is 4.41. The third-order valence-electron chi connectivity index (χ3n) is 3.32. The molecule has 0 spiro atoms. The quantitative estimate of drug-likeness (QED) is 0.722. The highest BCUT2D eigenvalue weighted by Gasteiger charge is 2.13. The number of nitrogens with zero attached hydrogens (tertiary/aromatic N) is 3. The predicted octanol–water partition coefficient (Wildman–Crippen LogP) is 2.65. The maximum atomic E-state index is 8.85. The van der Waals surface area contributed by atoms with Crippen molar-refractivity contribution in [3.05, 3.63) is 23.7 Å². The third kappa shape index (κ3) is 2.21. The van der Waals surface area contributed by atoms with E-state index in [2.05, 4.69) is 33.3 Å². The van der Waals surface area contributed by atoms with Crippen molar-refractivity contribution >= 4 is 37.6 Å². The van der Waals surface area contributed by atoms with Crippen LogP contribution in [0.1, 0.15) is 17.7 Å². The van der Waals surface area contributed by atoms with E-state index in [1.165, 1.54) is 5.56 Å². The van der Waals surface area contributed by atoms with Crippen LogP contribution in [0.5, 0.6) is 0 Å². The van der Waals surface area contributed by atoms with Gasteiger partial charge >= 0.3 is 0 Å². The van der Waals surface area contributed by atoms with Gasteiger partial charge in [-0.1, -0.05) is 0 Å². The van der Waals surface area contributed by atoms with E-state index in [4.69, 9.17) is 5.11 Å². The van der Waals surface area contributed by atoms with Crippen LogP contribution in [-0.4, -0.2) is 33.2 Å². The van der Waals surface area contributed by atoms with Crippen LogP contribution < -0.4 is 5.32 Å². The van der Waals surface area contributed by atoms with Crippen LogP contribution in [0.25, 0.3) is 20.4 Å². The fraction of sp³-hybridized carbons (Fsp3) is 0.357. The highest BCUT2D eigenvalue weighted by atomic mass is 32.1. The summed E-state index contributed by atoms with van der Waals surface area (Å²) in [5.74, 6) is 0.821. The maximum Gasteiger partial charge on any atom is 0.147 e. The van der Waals surface area contributed by atoms with Crippen molar-refractivity contribution in [1.29, 1.82) is 0 Å². The molecule has 0 aliphatic carbocycles. The van der Waals surface area contributed by atoms with E-state index in [-0.39, 0.29) is 6.61 Å². The van der Waals surface area contributed by atoms with Gasteiger partial charge in [0.25, 0.3) is 0 Å². The van der Waals surface area contributed by atoms with Gasteiger partial charge in [-0.3, -0.25) is 0 Å². The molecule has 3 aromatic heterocycles. The Bertz CT molecular complexity index is 769. The lowest BCUT2D eigenvalue weighted by Crippen LogP contribution is -2.05. The van der Waals surface area contributed by atoms with Crippen LogP contribution in [0.2, 0.25) is 0 Å². The molecule has 0 amide bonds. The summed E-state index contributed by atoms with van der Waals surface area (Å²) in [6, 6.07) is 2.14. The van der Waals surface area contributed by atoms with Gasteiger partial charge in [-0.25, -0.2) is 15.0 Å². The van der Waals surface area contributed by atoms with E-state index in [1.54, 1.807) is 17.7 Å². The number of pyridine rings is 1. The number of aliphatic hydroxyl groups excluding tert-OH is 1. The van der Waals surface area contributed by atoms with Gasteiger partial charge in [0.05, 0.1) is 10.2 Å². The van der Waals surface area contributed by atoms with E-state index in [0.717, 1.165) is 31.9 Å². The second-order valence-electron chi connectivity index (χ2n) is 4.75. The van der Waals surface area contributed by atoms with E-state index in [0.29, 0.717) is 13.0 Å². The molecular formula is C14H16N4OS. The fourth-order valence-electron chi connectivity index (χ4n) is 2.10. The SMILES string of the molecule is Cc1cc2c(nc1C)sc1c(NCCCO)ncnc12. The minimum absolute atomic E-state index is 0.174. The van der Waals surface area contributed by atoms with Crippen molar-refractivity contribution in [3.8, 4) is 0 Å². The van der Waals surface area contributed by atoms with Crippen LogP contribution in [0, 0.1) is 13.8 Å². The minimum Gasteiger partial charge on any atom is -0.396 e. The van der Waals surface area contributed by atoms with Crippen LogP contribution >= 0.6 is 11.3 Å². The average Bonchev–Trinajstić information content (AvgIpc) is 2.78. The van der Waals surface area contributed by atoms with Gasteiger partial charge < -0.3 is 10.4 Å². The largest absolute Gasteiger partial charge is 0.396 e. The molecule has 0 fully saturated rings. The van der Waals surface area contributed by atoms with Gasteiger partial charge in [0.2, 0.25) is 0 Å². The van der Waals surface area contributed by atoms with E-state index < -0.39 is 0 Å². The molecule has 0 saturated carbocycles. The summed E-state index contributed by atoms with van der Waals surface area (Å²) < 4.78 is 1.03. The monoisotopic (exact) mass is 288 g/mol. The lowest BCUT2D eigenvalue weighted by molar-refractivity contribution is 0.292. The average molecular weight is 288 g/mol. The van der Waals surface area contributed by atoms with Gasteiger partial charge in [0.15, 0.2) is 0 Å². The van der Waals surface area contributed by atoms with Crippen molar-refractivity contribution in [1.82, 2.24) is 15.0 Å². The maximum absolute atomic E-state index is 8.85. The summed E-state index contributed by atoms with van der Waals surface area (Å²) in [6.45, 7) is 4.95. The number of aryl methyl sites for hydroxylation is 2. The summed E-state index contributed by atoms with van der Waals surface area (Å²) in [4.78, 5) is 14.3. The van der Waals surface area contributed by atoms with Crippen LogP contribution in [0.3, 0.4) is 0 Å². The number of thiophene rings is 1. The second kappa shape index (κ2) is 5.30. The Morgan fingerprint density at radius 1 is 1.30 bits per heavy atom. The molecule has 0 bridgehead atoms. The Hall–Kier alpha value is -1.79. The molecule has 2 N–H and O–H groups in total. The smallest absolute Gasteiger partial charge is 0.147 e. The Kier molecular flexibility index (Phi) is 3.50. The summed E-state index contributed by atoms with van der Waals surface area (Å²) >= 11 is 1.61. The Labute approximate surface area is 120 Å². The number of nitrogens with one attached hydrogen (secondary N) is 1. The first-order chi connectivity index (χ1) is 9.70. The number of aliphatic hydroxyl groups is 1. The molecule has 0 saturated heterocycles. The normalized spacial score (nSPS) is 11.3. The summed E-state index contributed by atoms with van der Waals surface area (Å²) in [5, 5.41) is 13.2. The molecule has 0 aromatic carbocycles. The summed E-state index contributed by atoms with van der Waals surface area (Å²) in [6.07, 6.45) is 2.28. The van der Waals surface area contributed by atoms with Crippen LogP contribution in [0.15, 0.2) is 12.4 Å². The summed E-state index contributed by atoms with van der Waals surface area (Å²) in [7, 11) is 0. The number of fused-ring (bicyclic) bond motifs is 3. The molecule has 0 aliphatic heterocycles. The number of anilines is 1.